The number of carbonyl (C=O) groups excluding carboxylic acids is 1. The van der Waals surface area contributed by atoms with E-state index in [2.05, 4.69) is 10.0 Å². The summed E-state index contributed by atoms with van der Waals surface area (Å²) in [6.07, 6.45) is 0.251. The van der Waals surface area contributed by atoms with Gasteiger partial charge >= 0.3 is 11.9 Å². The Kier molecular flexibility index (Phi) is 10.8. The number of hydrogen-bond acceptors (Lipinski definition) is 6. The first-order chi connectivity index (χ1) is 21.1. The number of benzene rings is 4. The summed E-state index contributed by atoms with van der Waals surface area (Å²) in [7, 11) is -4.11. The fourth-order valence-electron chi connectivity index (χ4n) is 4.79. The second-order valence-corrected chi connectivity index (χ2v) is 11.7. The van der Waals surface area contributed by atoms with Gasteiger partial charge in [0, 0.05) is 18.9 Å². The van der Waals surface area contributed by atoms with Gasteiger partial charge in [-0.05, 0) is 47.4 Å². The average molecular weight is 617 g/mol. The topological polar surface area (TPSA) is 159 Å². The molecule has 0 spiro atoms. The van der Waals surface area contributed by atoms with Crippen LogP contribution in [0.25, 0.3) is 0 Å². The Morgan fingerprint density at radius 1 is 0.750 bits per heavy atom. The smallest absolute Gasteiger partial charge is 0.341 e. The molecule has 0 aliphatic heterocycles. The Balaban J connectivity index is 1.55. The summed E-state index contributed by atoms with van der Waals surface area (Å²) in [5.74, 6) is -3.34. The first kappa shape index (κ1) is 31.9. The van der Waals surface area contributed by atoms with Gasteiger partial charge in [-0.15, -0.1) is 0 Å². The molecule has 0 aromatic heterocycles. The summed E-state index contributed by atoms with van der Waals surface area (Å²) in [5.41, 5.74) is 1.99. The molecule has 11 heteroatoms. The van der Waals surface area contributed by atoms with Crippen molar-refractivity contribution in [2.75, 3.05) is 13.2 Å². The van der Waals surface area contributed by atoms with Gasteiger partial charge in [-0.2, -0.15) is 0 Å². The molecule has 4 rings (SSSR count). The Labute approximate surface area is 255 Å². The maximum atomic E-state index is 13.2. The molecule has 0 fully saturated rings. The number of carboxylic acids is 2. The van der Waals surface area contributed by atoms with Gasteiger partial charge in [0.2, 0.25) is 15.9 Å². The number of nitrogens with one attached hydrogen (secondary N) is 2. The lowest BCUT2D eigenvalue weighted by molar-refractivity contribution is -0.139. The fraction of sp³-hybridized carbons (Fsp3) is 0.182. The SMILES string of the molecule is O=C(O)COc1ccc(C(CC(=O)NCCC(c2ccccc2)c2ccccc2)NS(=O)(=O)c2ccccc2)cc1C(=O)O. The number of rotatable bonds is 15. The lowest BCUT2D eigenvalue weighted by atomic mass is 9.88. The molecule has 1 amide bonds. The van der Waals surface area contributed by atoms with Gasteiger partial charge in [0.1, 0.15) is 11.3 Å². The highest BCUT2D eigenvalue weighted by Crippen LogP contribution is 2.29. The number of ether oxygens (including phenoxy) is 1. The van der Waals surface area contributed by atoms with E-state index in [9.17, 15) is 27.9 Å². The van der Waals surface area contributed by atoms with Crippen molar-refractivity contribution in [3.63, 3.8) is 0 Å². The predicted molar refractivity (Wildman–Crippen MR) is 163 cm³/mol. The molecule has 4 aromatic carbocycles. The zero-order chi connectivity index (χ0) is 31.5. The van der Waals surface area contributed by atoms with Gasteiger partial charge in [-0.1, -0.05) is 84.9 Å². The van der Waals surface area contributed by atoms with Crippen molar-refractivity contribution >= 4 is 27.9 Å². The fourth-order valence-corrected chi connectivity index (χ4v) is 6.03. The molecule has 0 aliphatic rings. The third-order valence-corrected chi connectivity index (χ3v) is 8.37. The zero-order valence-electron chi connectivity index (χ0n) is 23.6. The van der Waals surface area contributed by atoms with Crippen LogP contribution >= 0.6 is 0 Å². The van der Waals surface area contributed by atoms with E-state index in [1.54, 1.807) is 18.2 Å². The molecular weight excluding hydrogens is 584 g/mol. The van der Waals surface area contributed by atoms with Crippen molar-refractivity contribution in [3.8, 4) is 5.75 Å². The summed E-state index contributed by atoms with van der Waals surface area (Å²) in [6, 6.07) is 30.0. The Hall–Kier alpha value is -5.00. The van der Waals surface area contributed by atoms with Crippen LogP contribution in [0.3, 0.4) is 0 Å². The first-order valence-electron chi connectivity index (χ1n) is 13.8. The van der Waals surface area contributed by atoms with Crippen molar-refractivity contribution in [1.82, 2.24) is 10.0 Å². The van der Waals surface area contributed by atoms with E-state index >= 15 is 0 Å². The first-order valence-corrected chi connectivity index (χ1v) is 15.3. The maximum absolute atomic E-state index is 13.2. The normalized spacial score (nSPS) is 11.9. The average Bonchev–Trinajstić information content (AvgIpc) is 3.03. The van der Waals surface area contributed by atoms with Crippen LogP contribution in [0, 0.1) is 0 Å². The van der Waals surface area contributed by atoms with Crippen molar-refractivity contribution in [1.29, 1.82) is 0 Å². The van der Waals surface area contributed by atoms with Crippen LogP contribution in [0.1, 0.15) is 51.8 Å². The summed E-state index contributed by atoms with van der Waals surface area (Å²) in [4.78, 5) is 36.1. The Morgan fingerprint density at radius 2 is 1.32 bits per heavy atom. The molecule has 0 saturated carbocycles. The monoisotopic (exact) mass is 616 g/mol. The molecule has 10 nitrogen and oxygen atoms in total. The highest BCUT2D eigenvalue weighted by Gasteiger charge is 2.26. The number of carboxylic acid groups (broad SMARTS) is 2. The highest BCUT2D eigenvalue weighted by molar-refractivity contribution is 7.89. The molecule has 0 radical (unpaired) electrons. The van der Waals surface area contributed by atoms with E-state index in [0.29, 0.717) is 13.0 Å². The molecule has 0 aliphatic carbocycles. The third kappa shape index (κ3) is 8.76. The molecular formula is C33H32N2O8S. The number of amides is 1. The van der Waals surface area contributed by atoms with Crippen LogP contribution in [0.2, 0.25) is 0 Å². The molecule has 1 atom stereocenters. The van der Waals surface area contributed by atoms with E-state index in [0.717, 1.165) is 11.1 Å². The molecule has 1 unspecified atom stereocenters. The maximum Gasteiger partial charge on any atom is 0.341 e. The minimum Gasteiger partial charge on any atom is -0.481 e. The minimum atomic E-state index is -4.11. The quantitative estimate of drug-likeness (QED) is 0.151. The number of hydrogen-bond donors (Lipinski definition) is 4. The van der Waals surface area contributed by atoms with Crippen LogP contribution in [-0.2, 0) is 19.6 Å². The summed E-state index contributed by atoms with van der Waals surface area (Å²) < 4.78 is 34.1. The van der Waals surface area contributed by atoms with Gasteiger partial charge in [-0.3, -0.25) is 4.79 Å². The van der Waals surface area contributed by atoms with Gasteiger partial charge in [0.15, 0.2) is 6.61 Å². The molecule has 0 heterocycles. The van der Waals surface area contributed by atoms with E-state index in [-0.39, 0.29) is 34.1 Å². The van der Waals surface area contributed by atoms with Crippen LogP contribution in [0.15, 0.2) is 114 Å². The molecule has 4 N–H and O–H groups in total. The van der Waals surface area contributed by atoms with Crippen LogP contribution in [-0.4, -0.2) is 49.6 Å². The highest BCUT2D eigenvalue weighted by atomic mass is 32.2. The van der Waals surface area contributed by atoms with E-state index in [1.807, 2.05) is 60.7 Å². The second kappa shape index (κ2) is 14.9. The van der Waals surface area contributed by atoms with Crippen molar-refractivity contribution in [3.05, 3.63) is 131 Å². The van der Waals surface area contributed by atoms with Crippen molar-refractivity contribution < 1.29 is 37.8 Å². The molecule has 44 heavy (non-hydrogen) atoms. The molecule has 4 aromatic rings. The standard InChI is InChI=1S/C33H32N2O8S/c36-31(34-19-18-27(23-10-4-1-5-11-23)24-12-6-2-7-13-24)21-29(35-44(41,42)26-14-8-3-9-15-26)25-16-17-30(43-22-32(37)38)28(20-25)33(39)40/h1-17,20,27,29,35H,18-19,21-22H2,(H,34,36)(H,37,38)(H,39,40). The minimum absolute atomic E-state index is 0.0153. The van der Waals surface area contributed by atoms with Gasteiger partial charge in [0.25, 0.3) is 0 Å². The largest absolute Gasteiger partial charge is 0.481 e. The van der Waals surface area contributed by atoms with Crippen LogP contribution in [0.4, 0.5) is 0 Å². The number of aliphatic carboxylic acids is 1. The van der Waals surface area contributed by atoms with Gasteiger partial charge in [-0.25, -0.2) is 22.7 Å². The second-order valence-electron chi connectivity index (χ2n) is 9.95. The van der Waals surface area contributed by atoms with Crippen LogP contribution < -0.4 is 14.8 Å². The molecule has 0 bridgehead atoms. The third-order valence-electron chi connectivity index (χ3n) is 6.89. The lowest BCUT2D eigenvalue weighted by Gasteiger charge is -2.21. The predicted octanol–water partition coefficient (Wildman–Crippen LogP) is 4.60. The summed E-state index contributed by atoms with van der Waals surface area (Å²) in [6.45, 7) is -0.465. The number of carbonyl (C=O) groups is 3. The van der Waals surface area contributed by atoms with E-state index in [1.165, 1.54) is 30.3 Å². The van der Waals surface area contributed by atoms with Gasteiger partial charge < -0.3 is 20.3 Å². The number of sulfonamides is 1. The Bertz CT molecular complexity index is 1640. The van der Waals surface area contributed by atoms with E-state index in [4.69, 9.17) is 9.84 Å². The van der Waals surface area contributed by atoms with Crippen molar-refractivity contribution in [2.45, 2.75) is 29.7 Å². The number of aromatic carboxylic acids is 1. The van der Waals surface area contributed by atoms with Crippen LogP contribution in [0.5, 0.6) is 5.75 Å². The summed E-state index contributed by atoms with van der Waals surface area (Å²) in [5, 5.41) is 21.5. The Morgan fingerprint density at radius 3 is 1.86 bits per heavy atom. The zero-order valence-corrected chi connectivity index (χ0v) is 24.4. The van der Waals surface area contributed by atoms with Crippen molar-refractivity contribution in [2.24, 2.45) is 0 Å². The van der Waals surface area contributed by atoms with E-state index < -0.39 is 40.5 Å². The summed E-state index contributed by atoms with van der Waals surface area (Å²) >= 11 is 0. The molecule has 0 saturated heterocycles. The van der Waals surface area contributed by atoms with Gasteiger partial charge in [0.05, 0.1) is 10.9 Å². The lowest BCUT2D eigenvalue weighted by Crippen LogP contribution is -2.34. The molecule has 228 valence electrons.